The number of anilines is 2. The Bertz CT molecular complexity index is 7900. The van der Waals surface area contributed by atoms with E-state index >= 15 is 0 Å². The van der Waals surface area contributed by atoms with Gasteiger partial charge in [0, 0.05) is 88.1 Å². The van der Waals surface area contributed by atoms with Crippen LogP contribution < -0.4 is 35.7 Å². The fraction of sp³-hybridized carbons (Fsp3) is 0.149. The first-order valence-corrected chi connectivity index (χ1v) is 48.6. The molecule has 0 fully saturated rings. The van der Waals surface area contributed by atoms with Gasteiger partial charge in [-0.2, -0.15) is 0 Å². The number of carboxylic acid groups (broad SMARTS) is 1. The molecule has 0 bridgehead atoms. The van der Waals surface area contributed by atoms with Gasteiger partial charge < -0.3 is 50.8 Å². The Hall–Kier alpha value is -15.5. The summed E-state index contributed by atoms with van der Waals surface area (Å²) in [5, 5.41) is 23.0. The second kappa shape index (κ2) is 40.9. The average molecular weight is 1980 g/mol. The molecule has 0 saturated heterocycles. The number of hydrogen-bond donors (Lipinski definition) is 6. The molecule has 0 aliphatic carbocycles. The summed E-state index contributed by atoms with van der Waals surface area (Å²) in [4.78, 5) is 118. The Kier molecular flexibility index (Phi) is 28.2. The molecule has 2 aliphatic rings. The molecule has 698 valence electrons. The largest absolute Gasteiger partial charge is 0.497 e. The number of hydrogen-bond acceptors (Lipinski definition) is 17. The maximum Gasteiger partial charge on any atom is 0.300 e. The number of thiazole rings is 4. The van der Waals surface area contributed by atoms with E-state index in [9.17, 15) is 19.2 Å². The van der Waals surface area contributed by atoms with Crippen LogP contribution in [0.2, 0.25) is 0 Å². The third-order valence-electron chi connectivity index (χ3n) is 24.4. The van der Waals surface area contributed by atoms with Crippen LogP contribution in [0.1, 0.15) is 147 Å². The second-order valence-corrected chi connectivity index (χ2v) is 39.1. The first-order valence-electron chi connectivity index (χ1n) is 45.3. The number of aromatic nitrogens is 6. The molecule has 141 heavy (non-hydrogen) atoms. The number of carbonyl (C=O) groups is 5. The van der Waals surface area contributed by atoms with E-state index in [0.29, 0.717) is 139 Å². The van der Waals surface area contributed by atoms with Crippen LogP contribution in [0.5, 0.6) is 11.5 Å². The van der Waals surface area contributed by atoms with Crippen LogP contribution in [-0.4, -0.2) is 97.2 Å². The summed E-state index contributed by atoms with van der Waals surface area (Å²) in [5.74, 6) is 2.16. The molecule has 12 aromatic carbocycles. The van der Waals surface area contributed by atoms with E-state index in [1.807, 2.05) is 161 Å². The summed E-state index contributed by atoms with van der Waals surface area (Å²) in [6.07, 6.45) is 0. The fourth-order valence-corrected chi connectivity index (χ4v) is 21.9. The van der Waals surface area contributed by atoms with Crippen molar-refractivity contribution in [3.05, 3.63) is 364 Å². The van der Waals surface area contributed by atoms with E-state index in [-0.39, 0.29) is 43.1 Å². The molecule has 2 aliphatic heterocycles. The number of carboxylic acids is 1. The van der Waals surface area contributed by atoms with Crippen molar-refractivity contribution in [2.24, 2.45) is 20.0 Å². The second-order valence-electron chi connectivity index (χ2n) is 35.0. The van der Waals surface area contributed by atoms with Crippen molar-refractivity contribution in [3.63, 3.8) is 0 Å². The number of benzene rings is 12. The van der Waals surface area contributed by atoms with Crippen LogP contribution in [0.3, 0.4) is 0 Å². The summed E-state index contributed by atoms with van der Waals surface area (Å²) in [5.41, 5.74) is 28.1. The molecule has 4 amide bonds. The van der Waals surface area contributed by atoms with Crippen molar-refractivity contribution in [1.29, 1.82) is 0 Å². The van der Waals surface area contributed by atoms with E-state index in [0.717, 1.165) is 153 Å². The Morgan fingerprint density at radius 1 is 0.340 bits per heavy atom. The first kappa shape index (κ1) is 97.1. The Labute approximate surface area is 844 Å². The van der Waals surface area contributed by atoms with Gasteiger partial charge in [-0.25, -0.2) is 34.9 Å². The number of carbonyl (C=O) groups excluding carboxylic acids is 4. The fourth-order valence-electron chi connectivity index (χ4n) is 17.5. The number of aliphatic carboxylic acids is 1. The van der Waals surface area contributed by atoms with Gasteiger partial charge in [-0.1, -0.05) is 186 Å². The zero-order valence-electron chi connectivity index (χ0n) is 80.8. The standard InChI is InChI=1S/2C56H47N7O3S2.C2H4O2.Zn/c2*1-29-17-21-37(34(6)25-29)45-47(55-57-41-23-19-31(3)27-43(41)67-55)51(62-53(64)39-15-11-9-13-32(39)4)60-49(45)59-50-46(38-22-18-30(2)26-35(38)7)48(56-58-42-24-20-36(66-8)28-44(42)68-56)52(61-50)63-54(65)40-16-12-10-14-33(40)5;1-2(3)4;/h9-28H,1-8H3,(H3,57,58,59,60,61,62,63,64,65);9-28,60H,1-8H3,(H,62,64)(H,59,61,63,65);1H3,(H,3,4);/p-1. The van der Waals surface area contributed by atoms with Gasteiger partial charge in [0.15, 0.2) is 5.84 Å². The summed E-state index contributed by atoms with van der Waals surface area (Å²) >= 11 is 6.06. The minimum atomic E-state index is -0.833. The topological polar surface area (TPSA) is 303 Å². The number of aromatic amines is 1. The number of ether oxygens (including phenoxy) is 2. The third-order valence-corrected chi connectivity index (χ3v) is 28.6. The molecule has 20 rings (SSSR count). The van der Waals surface area contributed by atoms with Gasteiger partial charge in [0.25, 0.3) is 23.7 Å². The van der Waals surface area contributed by atoms with Crippen molar-refractivity contribution in [2.45, 2.75) is 104 Å². The molecule has 8 heterocycles. The zero-order valence-corrected chi connectivity index (χ0v) is 87.0. The maximum absolute atomic E-state index is 14.4. The maximum atomic E-state index is 14.4. The zero-order chi connectivity index (χ0) is 98.3. The quantitative estimate of drug-likeness (QED) is 0.0436. The van der Waals surface area contributed by atoms with Crippen molar-refractivity contribution < 1.29 is 58.0 Å². The van der Waals surface area contributed by atoms with Crippen molar-refractivity contribution in [1.82, 2.24) is 40.5 Å². The van der Waals surface area contributed by atoms with E-state index < -0.39 is 5.97 Å². The van der Waals surface area contributed by atoms with Crippen molar-refractivity contribution in [2.75, 3.05) is 24.9 Å². The van der Waals surface area contributed by atoms with E-state index in [2.05, 4.69) is 186 Å². The van der Waals surface area contributed by atoms with Crippen LogP contribution in [0.25, 0.3) is 107 Å². The molecule has 6 aromatic heterocycles. The van der Waals surface area contributed by atoms with Gasteiger partial charge in [0.05, 0.1) is 77.6 Å². The molecule has 0 radical (unpaired) electrons. The summed E-state index contributed by atoms with van der Waals surface area (Å²) in [6, 6.07) is 79.0. The summed E-state index contributed by atoms with van der Waals surface area (Å²) in [6.45, 7) is 29.4. The van der Waals surface area contributed by atoms with Crippen molar-refractivity contribution >= 4 is 185 Å². The van der Waals surface area contributed by atoms with Gasteiger partial charge in [0.2, 0.25) is 5.91 Å². The van der Waals surface area contributed by atoms with E-state index in [1.165, 1.54) is 34.0 Å². The molecule has 0 atom stereocenters. The van der Waals surface area contributed by atoms with Crippen LogP contribution in [0, 0.1) is 96.9 Å². The molecular weight excluding hydrogens is 1890 g/mol. The molecule has 0 unspecified atom stereocenters. The predicted octanol–water partition coefficient (Wildman–Crippen LogP) is 26.7. The van der Waals surface area contributed by atoms with Gasteiger partial charge in [-0.15, -0.1) is 45.3 Å². The molecule has 18 aromatic rings. The molecule has 6 N–H and O–H groups in total. The number of methoxy groups -OCH3 is 2. The number of amidine groups is 4. The van der Waals surface area contributed by atoms with Gasteiger partial charge in [-0.3, -0.25) is 24.0 Å². The number of nitrogens with zero attached hydrogens (tertiary/aromatic N) is 9. The first-order chi connectivity index (χ1) is 67.4. The molecule has 27 heteroatoms. The number of aliphatic imine (C=N–C) groups is 4. The predicted molar refractivity (Wildman–Crippen MR) is 573 cm³/mol. The smallest absolute Gasteiger partial charge is 0.300 e. The van der Waals surface area contributed by atoms with Gasteiger partial charge >= 0.3 is 0 Å². The molecule has 0 saturated carbocycles. The SMILES string of the molecule is CC(=O)O.COc1ccc2nc(C3=C(c4ccc(C)cc4C)C(=Nc4[n-]c(NC(=O)c5ccccc5C)c(-c5nc6ccc(C)cc6s5)c4-c4ccc(C)cc4C)N=C3NC(=O)c3ccccc3C)sc2c1.COc1ccc2nc(C3=C(c4ccc(C)cc4C)C(=Nc4[nH]c(NC(=O)c5ccccc5C)c(-c5nc6ccc(C)cc6s5)c4-c4ccc(C)cc4C)N=C3NC(=O)c3ccccc3C)sc2c1.[Zn]. The van der Waals surface area contributed by atoms with Crippen LogP contribution in [-0.2, 0) is 24.3 Å². The number of fused-ring (bicyclic) bond motifs is 4. The number of H-pyrrole nitrogens is 1. The van der Waals surface area contributed by atoms with Crippen LogP contribution in [0.4, 0.5) is 23.3 Å². The minimum absolute atomic E-state index is 0. The third kappa shape index (κ3) is 20.1. The number of rotatable bonds is 18. The summed E-state index contributed by atoms with van der Waals surface area (Å²) in [7, 11) is 3.29. The van der Waals surface area contributed by atoms with Gasteiger partial charge in [0.1, 0.15) is 54.8 Å². The Morgan fingerprint density at radius 3 is 1.05 bits per heavy atom. The van der Waals surface area contributed by atoms with E-state index in [4.69, 9.17) is 64.3 Å². The normalized spacial score (nSPS) is 12.9. The molecular formula is C114H97N14O8S4Zn-. The number of amides is 4. The molecule has 22 nitrogen and oxygen atoms in total. The van der Waals surface area contributed by atoms with Gasteiger partial charge in [-0.05, 0) is 254 Å². The monoisotopic (exact) mass is 1980 g/mol. The van der Waals surface area contributed by atoms with E-state index in [1.54, 1.807) is 43.8 Å². The average Bonchev–Trinajstić information content (AvgIpc) is 1.59. The molecule has 0 spiro atoms. The summed E-state index contributed by atoms with van der Waals surface area (Å²) < 4.78 is 15.1. The van der Waals surface area contributed by atoms with Crippen molar-refractivity contribution in [3.8, 4) is 54.9 Å². The number of nitrogens with one attached hydrogen (secondary N) is 5. The van der Waals surface area contributed by atoms with Crippen LogP contribution >= 0.6 is 45.3 Å². The Morgan fingerprint density at radius 2 is 0.660 bits per heavy atom. The number of aryl methyl sites for hydroxylation is 14. The van der Waals surface area contributed by atoms with Crippen LogP contribution in [0.15, 0.2) is 263 Å². The Balaban J connectivity index is 0.000000186. The minimum Gasteiger partial charge on any atom is -0.497 e.